The zero-order valence-electron chi connectivity index (χ0n) is 40.5. The molecule has 1 aliphatic heterocycles. The molecule has 0 radical (unpaired) electrons. The van der Waals surface area contributed by atoms with E-state index in [4.69, 9.17) is 28.8 Å². The number of carboxylic acids is 1. The van der Waals surface area contributed by atoms with Crippen molar-refractivity contribution in [1.29, 1.82) is 0 Å². The number of nitrogens with one attached hydrogen (secondary N) is 1. The van der Waals surface area contributed by atoms with Gasteiger partial charge < -0.3 is 24.0 Å². The van der Waals surface area contributed by atoms with Crippen molar-refractivity contribution in [1.82, 2.24) is 9.55 Å². The molecule has 1 aliphatic rings. The molecule has 3 atom stereocenters. The van der Waals surface area contributed by atoms with Crippen molar-refractivity contribution in [2.45, 2.75) is 136 Å². The van der Waals surface area contributed by atoms with E-state index in [1.54, 1.807) is 16.7 Å². The third-order valence-corrected chi connectivity index (χ3v) is 23.3. The Morgan fingerprint density at radius 3 is 2.14 bits per heavy atom. The molecular formula is C49H70N6O5S2Si3. The number of benzene rings is 3. The predicted molar refractivity (Wildman–Crippen MR) is 279 cm³/mol. The highest BCUT2D eigenvalue weighted by atomic mass is 32.1. The van der Waals surface area contributed by atoms with E-state index >= 15 is 0 Å². The fourth-order valence-electron chi connectivity index (χ4n) is 7.69. The first-order chi connectivity index (χ1) is 30.6. The van der Waals surface area contributed by atoms with Crippen LogP contribution in [0.25, 0.3) is 10.2 Å². The maximum absolute atomic E-state index is 11.9. The van der Waals surface area contributed by atoms with Crippen molar-refractivity contribution in [3.05, 3.63) is 101 Å². The normalized spacial score (nSPS) is 18.2. The molecule has 0 aliphatic carbocycles. The number of aromatic carboxylic acids is 1. The fraction of sp³-hybridized carbons (Fsp3) is 0.490. The lowest BCUT2D eigenvalue weighted by Gasteiger charge is -2.47. The lowest BCUT2D eigenvalue weighted by molar-refractivity contribution is 0.0691. The molecule has 0 saturated carbocycles. The number of fused-ring (bicyclic) bond motifs is 1. The van der Waals surface area contributed by atoms with E-state index in [0.717, 1.165) is 40.3 Å². The highest BCUT2D eigenvalue weighted by Crippen LogP contribution is 2.44. The number of anilines is 1. The Bertz CT molecular complexity index is 2460. The van der Waals surface area contributed by atoms with Crippen LogP contribution < -0.4 is 20.5 Å². The minimum absolute atomic E-state index is 0.0142. The number of hydrogen-bond acceptors (Lipinski definition) is 11. The molecule has 350 valence electrons. The second kappa shape index (κ2) is 21.0. The zero-order valence-corrected chi connectivity index (χ0v) is 45.3. The summed E-state index contributed by atoms with van der Waals surface area (Å²) in [6.45, 7) is 28.4. The number of aromatic nitrogens is 2. The number of amidine groups is 2. The van der Waals surface area contributed by atoms with Crippen LogP contribution in [-0.2, 0) is 20.3 Å². The molecule has 11 nitrogen and oxygen atoms in total. The smallest absolute Gasteiger partial charge is 0.355 e. The lowest BCUT2D eigenvalue weighted by atomic mass is 9.81. The van der Waals surface area contributed by atoms with E-state index in [1.165, 1.54) is 21.7 Å². The molecule has 3 unspecified atom stereocenters. The third kappa shape index (κ3) is 13.0. The summed E-state index contributed by atoms with van der Waals surface area (Å²) in [5, 5.41) is 27.3. The quantitative estimate of drug-likeness (QED) is 0.0660. The van der Waals surface area contributed by atoms with Crippen molar-refractivity contribution >= 4 is 91.5 Å². The Balaban J connectivity index is 1.38. The summed E-state index contributed by atoms with van der Waals surface area (Å²) >= 11 is 2.84. The van der Waals surface area contributed by atoms with Gasteiger partial charge in [0.2, 0.25) is 9.04 Å². The van der Waals surface area contributed by atoms with E-state index in [1.807, 2.05) is 6.07 Å². The molecule has 2 aromatic heterocycles. The maximum Gasteiger partial charge on any atom is 0.355 e. The highest BCUT2D eigenvalue weighted by Gasteiger charge is 2.52. The van der Waals surface area contributed by atoms with Gasteiger partial charge in [-0.05, 0) is 71.9 Å². The number of nitrogens with zero attached hydrogens (tertiary/aromatic N) is 5. The van der Waals surface area contributed by atoms with Crippen molar-refractivity contribution in [2.24, 2.45) is 26.5 Å². The summed E-state index contributed by atoms with van der Waals surface area (Å²) < 4.78 is 24.5. The van der Waals surface area contributed by atoms with Crippen molar-refractivity contribution in [2.75, 3.05) is 11.9 Å². The van der Waals surface area contributed by atoms with Gasteiger partial charge in [-0.3, -0.25) is 4.57 Å². The molecule has 65 heavy (non-hydrogen) atoms. The fourth-order valence-corrected chi connectivity index (χ4v) is 14.5. The number of thiazole rings is 2. The second-order valence-corrected chi connectivity index (χ2v) is 35.7. The molecule has 0 fully saturated rings. The first-order valence-corrected chi connectivity index (χ1v) is 32.8. The van der Waals surface area contributed by atoms with E-state index in [9.17, 15) is 9.90 Å². The van der Waals surface area contributed by atoms with Gasteiger partial charge in [0.05, 0.1) is 22.2 Å². The number of hydrogen-bond donors (Lipinski definition) is 2. The number of ether oxygens (including phenoxy) is 1. The summed E-state index contributed by atoms with van der Waals surface area (Å²) in [7, 11) is -5.82. The number of unbranched alkanes of at least 4 members (excludes halogenated alkanes) is 1. The van der Waals surface area contributed by atoms with Crippen LogP contribution in [0.5, 0.6) is 0 Å². The van der Waals surface area contributed by atoms with Crippen LogP contribution in [0.4, 0.5) is 5.13 Å². The Morgan fingerprint density at radius 2 is 1.55 bits per heavy atom. The van der Waals surface area contributed by atoms with Crippen LogP contribution in [-0.4, -0.2) is 76.0 Å². The van der Waals surface area contributed by atoms with E-state index in [-0.39, 0.29) is 28.2 Å². The summed E-state index contributed by atoms with van der Waals surface area (Å²) in [6, 6.07) is 30.8. The van der Waals surface area contributed by atoms with Gasteiger partial charge >= 0.3 is 5.97 Å². The molecule has 3 aromatic carbocycles. The molecule has 5 aromatic rings. The van der Waals surface area contributed by atoms with Gasteiger partial charge in [0, 0.05) is 20.1 Å². The average Bonchev–Trinajstić information content (AvgIpc) is 3.85. The zero-order chi connectivity index (χ0) is 47.2. The molecule has 0 bridgehead atoms. The second-order valence-electron chi connectivity index (χ2n) is 21.1. The van der Waals surface area contributed by atoms with E-state index in [0.29, 0.717) is 36.6 Å². The van der Waals surface area contributed by atoms with Gasteiger partial charge in [0.15, 0.2) is 29.8 Å². The lowest BCUT2D eigenvalue weighted by Crippen LogP contribution is -2.59. The van der Waals surface area contributed by atoms with Crippen molar-refractivity contribution < 1.29 is 23.5 Å². The van der Waals surface area contributed by atoms with Crippen LogP contribution in [0.15, 0.2) is 106 Å². The minimum atomic E-state index is -2.51. The number of rotatable bonds is 18. The SMILES string of the molecule is CC(C)(C)C(CCCCC1C(Nc2nc(C(=O)O)cs2)=NN=C(/N=c2\sc3ccccc3n2COCC[Si](C)(C)C)C1(C)O[Si](C)(C)C(C)(C)C)O[SiH](c1ccccc1)c1ccccc1. The van der Waals surface area contributed by atoms with Gasteiger partial charge in [-0.2, -0.15) is 0 Å². The maximum atomic E-state index is 11.9. The number of para-hydroxylation sites is 1. The summed E-state index contributed by atoms with van der Waals surface area (Å²) in [5.41, 5.74) is -0.0939. The Kier molecular flexibility index (Phi) is 16.3. The molecule has 2 N–H and O–H groups in total. The molecule has 0 saturated heterocycles. The average molecular weight is 972 g/mol. The standard InChI is InChI=1S/C49H70N6O5S2Si3/c1-47(2,3)41(59-63(35-23-15-13-16-24-35)36-25-17-14-18-26-36)30-22-19-27-37-42(51-45-50-38(33-61-45)43(56)57)53-54-44(49(37,7)60-65(11,12)48(4,5)6)52-46-55(34-58-31-32-64(8,9)10)39-28-20-21-29-40(39)62-46/h13-18,20-21,23-26,28-29,33,37,41,63H,19,22,27,30-32,34H2,1-12H3,(H,56,57)(H,50,51,53)/b52-46-. The van der Waals surface area contributed by atoms with Gasteiger partial charge in [0.25, 0.3) is 0 Å². The van der Waals surface area contributed by atoms with Gasteiger partial charge in [-0.25, -0.2) is 14.8 Å². The topological polar surface area (TPSA) is 132 Å². The van der Waals surface area contributed by atoms with Gasteiger partial charge in [0.1, 0.15) is 18.2 Å². The molecule has 16 heteroatoms. The Labute approximate surface area is 398 Å². The summed E-state index contributed by atoms with van der Waals surface area (Å²) in [5.74, 6) is -0.325. The monoisotopic (exact) mass is 970 g/mol. The molecule has 0 amide bonds. The molecule has 3 heterocycles. The van der Waals surface area contributed by atoms with Crippen molar-refractivity contribution in [3.8, 4) is 0 Å². The van der Waals surface area contributed by atoms with Crippen molar-refractivity contribution in [3.63, 3.8) is 0 Å². The highest BCUT2D eigenvalue weighted by molar-refractivity contribution is 7.16. The van der Waals surface area contributed by atoms with Crippen LogP contribution in [0.3, 0.4) is 0 Å². The minimum Gasteiger partial charge on any atom is -0.476 e. The number of carboxylic acid groups (broad SMARTS) is 1. The molecule has 0 spiro atoms. The number of carbonyl (C=O) groups is 1. The van der Waals surface area contributed by atoms with Gasteiger partial charge in [-0.15, -0.1) is 21.5 Å². The van der Waals surface area contributed by atoms with Crippen LogP contribution in [0.1, 0.15) is 84.6 Å². The third-order valence-electron chi connectivity index (χ3n) is 12.6. The largest absolute Gasteiger partial charge is 0.476 e. The van der Waals surface area contributed by atoms with Crippen LogP contribution >= 0.6 is 22.7 Å². The van der Waals surface area contributed by atoms with E-state index < -0.39 is 37.0 Å². The van der Waals surface area contributed by atoms with Crippen LogP contribution in [0, 0.1) is 11.3 Å². The molecular weight excluding hydrogens is 901 g/mol. The predicted octanol–water partition coefficient (Wildman–Crippen LogP) is 10.8. The van der Waals surface area contributed by atoms with Crippen LogP contribution in [0.2, 0.25) is 43.8 Å². The first-order valence-electron chi connectivity index (χ1n) is 22.8. The molecule has 6 rings (SSSR count). The summed E-state index contributed by atoms with van der Waals surface area (Å²) in [4.78, 5) is 22.5. The Hall–Kier alpha value is -3.88. The summed E-state index contributed by atoms with van der Waals surface area (Å²) in [6.07, 6.45) is 3.34. The first kappa shape index (κ1) is 50.5. The Morgan fingerprint density at radius 1 is 0.923 bits per heavy atom. The van der Waals surface area contributed by atoms with Gasteiger partial charge in [-0.1, -0.05) is 158 Å². The van der Waals surface area contributed by atoms with E-state index in [2.05, 4.69) is 175 Å².